The van der Waals surface area contributed by atoms with Gasteiger partial charge in [0.15, 0.2) is 0 Å². The van der Waals surface area contributed by atoms with Gasteiger partial charge in [-0.15, -0.1) is 0 Å². The van der Waals surface area contributed by atoms with E-state index in [1.807, 2.05) is 27.7 Å². The summed E-state index contributed by atoms with van der Waals surface area (Å²) < 4.78 is 9.17. The van der Waals surface area contributed by atoms with E-state index in [-0.39, 0.29) is 5.97 Å². The average molecular weight is 285 g/mol. The van der Waals surface area contributed by atoms with Crippen LogP contribution in [0.15, 0.2) is 0 Å². The molecule has 0 radical (unpaired) electrons. The zero-order valence-electron chi connectivity index (χ0n) is 12.7. The van der Waals surface area contributed by atoms with Gasteiger partial charge in [0.2, 0.25) is 5.13 Å². The van der Waals surface area contributed by atoms with Gasteiger partial charge in [-0.05, 0) is 27.7 Å². The number of aromatic nitrogens is 2. The first-order valence-electron chi connectivity index (χ1n) is 6.32. The number of anilines is 1. The van der Waals surface area contributed by atoms with Gasteiger partial charge in [-0.25, -0.2) is 4.98 Å². The average Bonchev–Trinajstić information content (AvgIpc) is 2.75. The molecule has 1 N–H and O–H groups in total. The normalized spacial score (nSPS) is 12.6. The van der Waals surface area contributed by atoms with Crippen molar-refractivity contribution in [3.05, 3.63) is 5.82 Å². The fourth-order valence-corrected chi connectivity index (χ4v) is 2.32. The maximum atomic E-state index is 11.9. The maximum absolute atomic E-state index is 11.9. The Morgan fingerprint density at radius 2 is 1.89 bits per heavy atom. The zero-order chi connectivity index (χ0) is 14.8. The number of carbonyl (C=O) groups is 1. The first-order valence-corrected chi connectivity index (χ1v) is 7.09. The van der Waals surface area contributed by atoms with Crippen LogP contribution >= 0.6 is 11.5 Å². The van der Waals surface area contributed by atoms with Crippen LogP contribution in [0.2, 0.25) is 0 Å². The Hall–Kier alpha value is -1.17. The molecule has 0 unspecified atom stereocenters. The van der Waals surface area contributed by atoms with Gasteiger partial charge < -0.3 is 10.1 Å². The second kappa shape index (κ2) is 5.45. The highest BCUT2D eigenvalue weighted by Gasteiger charge is 2.44. The second-order valence-electron chi connectivity index (χ2n) is 5.98. The Kier molecular flexibility index (Phi) is 4.55. The fraction of sp³-hybridized carbons (Fsp3) is 0.769. The summed E-state index contributed by atoms with van der Waals surface area (Å²) in [7, 11) is 1.40. The van der Waals surface area contributed by atoms with Crippen LogP contribution in [0.5, 0.6) is 0 Å². The minimum Gasteiger partial charge on any atom is -0.469 e. The third-order valence-corrected chi connectivity index (χ3v) is 4.28. The van der Waals surface area contributed by atoms with Crippen LogP contribution in [0.25, 0.3) is 0 Å². The molecule has 0 atom stereocenters. The highest BCUT2D eigenvalue weighted by molar-refractivity contribution is 7.09. The molecule has 1 aromatic rings. The number of esters is 1. The first kappa shape index (κ1) is 15.9. The molecule has 0 fully saturated rings. The van der Waals surface area contributed by atoms with Crippen molar-refractivity contribution in [2.75, 3.05) is 12.4 Å². The van der Waals surface area contributed by atoms with Crippen molar-refractivity contribution in [1.82, 2.24) is 9.36 Å². The van der Waals surface area contributed by atoms with Gasteiger partial charge in [-0.2, -0.15) is 4.37 Å². The molecule has 0 aliphatic heterocycles. The first-order chi connectivity index (χ1) is 8.61. The quantitative estimate of drug-likeness (QED) is 0.842. The summed E-state index contributed by atoms with van der Waals surface area (Å²) in [5, 5.41) is 4.02. The number of carbonyl (C=O) groups excluding carboxylic acids is 1. The molecule has 0 bridgehead atoms. The molecule has 19 heavy (non-hydrogen) atoms. The minimum absolute atomic E-state index is 0.251. The SMILES string of the molecule is COC(=O)C(C)(C)C(C)(C)Nc1nc(C(C)C)ns1. The Bertz CT molecular complexity index is 452. The van der Waals surface area contributed by atoms with E-state index in [0.29, 0.717) is 5.92 Å². The molecule has 0 saturated heterocycles. The molecule has 1 aromatic heterocycles. The number of rotatable bonds is 5. The van der Waals surface area contributed by atoms with Crippen LogP contribution in [-0.2, 0) is 9.53 Å². The predicted molar refractivity (Wildman–Crippen MR) is 77.5 cm³/mol. The number of hydrogen-bond donors (Lipinski definition) is 1. The molecular formula is C13H23N3O2S. The van der Waals surface area contributed by atoms with Crippen molar-refractivity contribution in [2.24, 2.45) is 5.41 Å². The molecule has 1 heterocycles. The van der Waals surface area contributed by atoms with Gasteiger partial charge in [-0.3, -0.25) is 4.79 Å². The van der Waals surface area contributed by atoms with Crippen molar-refractivity contribution in [3.63, 3.8) is 0 Å². The lowest BCUT2D eigenvalue weighted by Gasteiger charge is -2.39. The second-order valence-corrected chi connectivity index (χ2v) is 6.73. The van der Waals surface area contributed by atoms with E-state index in [2.05, 4.69) is 28.5 Å². The lowest BCUT2D eigenvalue weighted by molar-refractivity contribution is -0.153. The topological polar surface area (TPSA) is 64.1 Å². The summed E-state index contributed by atoms with van der Waals surface area (Å²) in [5.74, 6) is 0.862. The van der Waals surface area contributed by atoms with Crippen molar-refractivity contribution in [1.29, 1.82) is 0 Å². The number of hydrogen-bond acceptors (Lipinski definition) is 6. The summed E-state index contributed by atoms with van der Waals surface area (Å²) >= 11 is 1.32. The van der Waals surface area contributed by atoms with E-state index < -0.39 is 11.0 Å². The minimum atomic E-state index is -0.675. The van der Waals surface area contributed by atoms with E-state index in [1.165, 1.54) is 18.6 Å². The van der Waals surface area contributed by atoms with Gasteiger partial charge in [-0.1, -0.05) is 13.8 Å². The largest absolute Gasteiger partial charge is 0.469 e. The molecule has 0 aromatic carbocycles. The highest BCUT2D eigenvalue weighted by Crippen LogP contribution is 2.35. The van der Waals surface area contributed by atoms with Crippen molar-refractivity contribution < 1.29 is 9.53 Å². The lowest BCUT2D eigenvalue weighted by Crippen LogP contribution is -2.51. The van der Waals surface area contributed by atoms with Crippen LogP contribution in [-0.4, -0.2) is 28.0 Å². The Morgan fingerprint density at radius 1 is 1.32 bits per heavy atom. The van der Waals surface area contributed by atoms with Gasteiger partial charge in [0.25, 0.3) is 0 Å². The van der Waals surface area contributed by atoms with Crippen molar-refractivity contribution in [2.45, 2.75) is 53.0 Å². The number of ether oxygens (including phenoxy) is 1. The molecule has 6 heteroatoms. The zero-order valence-corrected chi connectivity index (χ0v) is 13.5. The van der Waals surface area contributed by atoms with Crippen molar-refractivity contribution in [3.8, 4) is 0 Å². The monoisotopic (exact) mass is 285 g/mol. The van der Waals surface area contributed by atoms with E-state index in [0.717, 1.165) is 11.0 Å². The van der Waals surface area contributed by atoms with Crippen LogP contribution in [0.1, 0.15) is 53.3 Å². The Balaban J connectivity index is 2.92. The molecule has 0 saturated carbocycles. The number of methoxy groups -OCH3 is 1. The summed E-state index contributed by atoms with van der Waals surface area (Å²) in [6.07, 6.45) is 0. The van der Waals surface area contributed by atoms with Crippen LogP contribution in [0, 0.1) is 5.41 Å². The van der Waals surface area contributed by atoms with E-state index in [1.54, 1.807) is 0 Å². The van der Waals surface area contributed by atoms with Crippen LogP contribution in [0.3, 0.4) is 0 Å². The third kappa shape index (κ3) is 3.23. The summed E-state index contributed by atoms with van der Waals surface area (Å²) in [6, 6.07) is 0. The molecule has 0 aliphatic rings. The fourth-order valence-electron chi connectivity index (χ4n) is 1.45. The highest BCUT2D eigenvalue weighted by atomic mass is 32.1. The smallest absolute Gasteiger partial charge is 0.313 e. The molecule has 5 nitrogen and oxygen atoms in total. The van der Waals surface area contributed by atoms with E-state index in [4.69, 9.17) is 4.74 Å². The van der Waals surface area contributed by atoms with Crippen molar-refractivity contribution >= 4 is 22.6 Å². The Morgan fingerprint density at radius 3 is 2.32 bits per heavy atom. The van der Waals surface area contributed by atoms with Gasteiger partial charge >= 0.3 is 5.97 Å². The predicted octanol–water partition coefficient (Wildman–Crippen LogP) is 3.05. The van der Waals surface area contributed by atoms with E-state index in [9.17, 15) is 4.79 Å². The van der Waals surface area contributed by atoms with Gasteiger partial charge in [0, 0.05) is 23.0 Å². The third-order valence-electron chi connectivity index (χ3n) is 3.64. The summed E-state index contributed by atoms with van der Waals surface area (Å²) in [5.41, 5.74) is -1.17. The van der Waals surface area contributed by atoms with Crippen LogP contribution in [0.4, 0.5) is 5.13 Å². The molecule has 0 aliphatic carbocycles. The van der Waals surface area contributed by atoms with Gasteiger partial charge in [0.1, 0.15) is 5.82 Å². The standard InChI is InChI=1S/C13H23N3O2S/c1-8(2)9-14-11(19-16-9)15-13(5,6)12(3,4)10(17)18-7/h8H,1-7H3,(H,14,15,16). The summed E-state index contributed by atoms with van der Waals surface area (Å²) in [6.45, 7) is 11.7. The Labute approximate surface area is 118 Å². The molecule has 0 spiro atoms. The lowest BCUT2D eigenvalue weighted by atomic mass is 9.74. The van der Waals surface area contributed by atoms with E-state index >= 15 is 0 Å². The maximum Gasteiger partial charge on any atom is 0.313 e. The molecular weight excluding hydrogens is 262 g/mol. The van der Waals surface area contributed by atoms with Gasteiger partial charge in [0.05, 0.1) is 12.5 Å². The molecule has 0 amide bonds. The molecule has 1 rings (SSSR count). The number of nitrogens with one attached hydrogen (secondary N) is 1. The van der Waals surface area contributed by atoms with Crippen LogP contribution < -0.4 is 5.32 Å². The summed E-state index contributed by atoms with van der Waals surface area (Å²) in [4.78, 5) is 16.3. The molecule has 108 valence electrons. The number of nitrogens with zero attached hydrogens (tertiary/aromatic N) is 2.